The highest BCUT2D eigenvalue weighted by Gasteiger charge is 2.41. The zero-order valence-corrected chi connectivity index (χ0v) is 17.8. The Morgan fingerprint density at radius 1 is 1.23 bits per heavy atom. The Kier molecular flexibility index (Phi) is 8.04. The van der Waals surface area contributed by atoms with Crippen molar-refractivity contribution in [3.63, 3.8) is 0 Å². The molecule has 1 aromatic rings. The lowest BCUT2D eigenvalue weighted by atomic mass is 9.75. The van der Waals surface area contributed by atoms with Gasteiger partial charge in [-0.1, -0.05) is 6.07 Å². The van der Waals surface area contributed by atoms with Gasteiger partial charge in [-0.3, -0.25) is 14.4 Å². The Balaban J connectivity index is 2.24. The highest BCUT2D eigenvalue weighted by Crippen LogP contribution is 2.37. The van der Waals surface area contributed by atoms with Gasteiger partial charge in [0.15, 0.2) is 18.3 Å². The first-order valence-corrected chi connectivity index (χ1v) is 9.81. The van der Waals surface area contributed by atoms with E-state index in [-0.39, 0.29) is 41.7 Å². The first-order valence-electron chi connectivity index (χ1n) is 9.81. The van der Waals surface area contributed by atoms with Crippen LogP contribution in [0.1, 0.15) is 31.7 Å². The number of nitrogens with zero attached hydrogens (tertiary/aromatic N) is 2. The minimum absolute atomic E-state index is 0.118. The number of hydrogen-bond donors (Lipinski definition) is 2. The summed E-state index contributed by atoms with van der Waals surface area (Å²) in [5.74, 6) is -2.77. The molecular weight excluding hydrogens is 408 g/mol. The van der Waals surface area contributed by atoms with E-state index in [1.54, 1.807) is 0 Å². The number of aldehydes is 2. The van der Waals surface area contributed by atoms with Gasteiger partial charge in [-0.25, -0.2) is 8.78 Å². The Labute approximate surface area is 180 Å². The van der Waals surface area contributed by atoms with Crippen LogP contribution in [0, 0.1) is 11.6 Å². The molecule has 0 heterocycles. The number of aliphatic hydroxyl groups is 1. The average molecular weight is 435 g/mol. The number of hydrogen-bond acceptors (Lipinski definition) is 6. The van der Waals surface area contributed by atoms with Crippen LogP contribution in [0.15, 0.2) is 41.4 Å². The Hall–Kier alpha value is -3.07. The van der Waals surface area contributed by atoms with E-state index < -0.39 is 23.3 Å². The molecule has 1 fully saturated rings. The van der Waals surface area contributed by atoms with E-state index in [1.807, 2.05) is 19.0 Å². The van der Waals surface area contributed by atoms with E-state index in [4.69, 9.17) is 0 Å². The summed E-state index contributed by atoms with van der Waals surface area (Å²) in [7, 11) is 3.81. The molecule has 1 aromatic carbocycles. The molecule has 1 aliphatic carbocycles. The Morgan fingerprint density at radius 3 is 2.39 bits per heavy atom. The van der Waals surface area contributed by atoms with Crippen LogP contribution in [0.5, 0.6) is 0 Å². The molecule has 0 aromatic heterocycles. The summed E-state index contributed by atoms with van der Waals surface area (Å²) < 4.78 is 26.8. The molecule has 0 spiro atoms. The van der Waals surface area contributed by atoms with E-state index in [2.05, 4.69) is 5.32 Å². The zero-order chi connectivity index (χ0) is 23.2. The number of carbonyl (C=O) groups excluding carboxylic acids is 3. The van der Waals surface area contributed by atoms with Crippen molar-refractivity contribution in [1.29, 1.82) is 0 Å². The molecule has 1 saturated carbocycles. The van der Waals surface area contributed by atoms with Crippen LogP contribution >= 0.6 is 0 Å². The van der Waals surface area contributed by atoms with Gasteiger partial charge in [0.25, 0.3) is 0 Å². The van der Waals surface area contributed by atoms with Crippen LogP contribution in [0.2, 0.25) is 0 Å². The van der Waals surface area contributed by atoms with Crippen molar-refractivity contribution in [3.8, 4) is 0 Å². The lowest BCUT2D eigenvalue weighted by Crippen LogP contribution is -2.56. The molecule has 0 saturated heterocycles. The Morgan fingerprint density at radius 2 is 1.90 bits per heavy atom. The summed E-state index contributed by atoms with van der Waals surface area (Å²) in [6.45, 7) is 1.61. The van der Waals surface area contributed by atoms with Crippen molar-refractivity contribution in [2.45, 2.75) is 38.3 Å². The fraction of sp³-hybridized carbons (Fsp3) is 0.409. The largest absolute Gasteiger partial charge is 0.503 e. The van der Waals surface area contributed by atoms with Gasteiger partial charge >= 0.3 is 0 Å². The number of carbonyl (C=O) groups is 3. The SMILES string of the molecule is C/C(=C\N(CC1(N(C)C)CCC1)/C(C=O)=C(/O)C=O)C(=O)NCc1ccc(F)cc1F. The third-order valence-corrected chi connectivity index (χ3v) is 5.65. The molecule has 1 amide bonds. The van der Waals surface area contributed by atoms with Gasteiger partial charge in [-0.15, -0.1) is 0 Å². The van der Waals surface area contributed by atoms with E-state index in [9.17, 15) is 28.3 Å². The molecular formula is C22H27F2N3O4. The molecule has 2 rings (SSSR count). The normalized spacial score (nSPS) is 16.3. The number of halogens is 2. The third-order valence-electron chi connectivity index (χ3n) is 5.65. The highest BCUT2D eigenvalue weighted by molar-refractivity contribution is 5.93. The molecule has 0 radical (unpaired) electrons. The van der Waals surface area contributed by atoms with Crippen LogP contribution in [-0.2, 0) is 20.9 Å². The van der Waals surface area contributed by atoms with Crippen molar-refractivity contribution in [3.05, 3.63) is 58.6 Å². The summed E-state index contributed by atoms with van der Waals surface area (Å²) in [4.78, 5) is 38.6. The van der Waals surface area contributed by atoms with Crippen LogP contribution in [0.4, 0.5) is 8.78 Å². The summed E-state index contributed by atoms with van der Waals surface area (Å²) >= 11 is 0. The first kappa shape index (κ1) is 24.2. The maximum atomic E-state index is 13.8. The topological polar surface area (TPSA) is 90.0 Å². The third kappa shape index (κ3) is 5.75. The standard InChI is InChI=1S/C22H27F2N3O4/c1-15(21(31)25-10-16-5-6-17(23)9-18(16)24)11-27(19(12-28)20(30)13-29)14-22(26(2)3)7-4-8-22/h5-6,9,11-13,30H,4,7-8,10,14H2,1-3H3,(H,25,31)/b15-11+,20-19+. The maximum absolute atomic E-state index is 13.8. The molecule has 168 valence electrons. The van der Waals surface area contributed by atoms with Crippen LogP contribution in [0.25, 0.3) is 0 Å². The van der Waals surface area contributed by atoms with Gasteiger partial charge in [0, 0.05) is 42.0 Å². The summed E-state index contributed by atoms with van der Waals surface area (Å²) in [5, 5.41) is 12.4. The molecule has 7 nitrogen and oxygen atoms in total. The number of likely N-dealkylation sites (N-methyl/N-ethyl adjacent to an activating group) is 1. The molecule has 0 aliphatic heterocycles. The van der Waals surface area contributed by atoms with Crippen molar-refractivity contribution in [2.75, 3.05) is 20.6 Å². The van der Waals surface area contributed by atoms with Crippen molar-refractivity contribution in [2.24, 2.45) is 0 Å². The predicted molar refractivity (Wildman–Crippen MR) is 111 cm³/mol. The second-order valence-electron chi connectivity index (χ2n) is 7.84. The van der Waals surface area contributed by atoms with Crippen molar-refractivity contribution in [1.82, 2.24) is 15.1 Å². The van der Waals surface area contributed by atoms with Gasteiger partial charge in [0.05, 0.1) is 0 Å². The smallest absolute Gasteiger partial charge is 0.248 e. The van der Waals surface area contributed by atoms with Crippen molar-refractivity contribution < 1.29 is 28.3 Å². The number of aliphatic hydroxyl groups excluding tert-OH is 1. The first-order chi connectivity index (χ1) is 14.6. The van der Waals surface area contributed by atoms with E-state index >= 15 is 0 Å². The van der Waals surface area contributed by atoms with Gasteiger partial charge in [0.1, 0.15) is 17.3 Å². The van der Waals surface area contributed by atoms with Gasteiger partial charge in [0.2, 0.25) is 5.91 Å². The van der Waals surface area contributed by atoms with Gasteiger partial charge < -0.3 is 20.2 Å². The van der Waals surface area contributed by atoms with Gasteiger partial charge in [-0.05, 0) is 46.3 Å². The second-order valence-corrected chi connectivity index (χ2v) is 7.84. The summed E-state index contributed by atoms with van der Waals surface area (Å²) in [5.41, 5.74) is -0.233. The molecule has 9 heteroatoms. The van der Waals surface area contributed by atoms with E-state index in [0.29, 0.717) is 6.29 Å². The molecule has 0 atom stereocenters. The van der Waals surface area contributed by atoms with Crippen molar-refractivity contribution >= 4 is 18.5 Å². The number of nitrogens with one attached hydrogen (secondary N) is 1. The fourth-order valence-corrected chi connectivity index (χ4v) is 3.46. The molecule has 31 heavy (non-hydrogen) atoms. The zero-order valence-electron chi connectivity index (χ0n) is 17.8. The molecule has 0 bridgehead atoms. The van der Waals surface area contributed by atoms with E-state index in [0.717, 1.165) is 31.4 Å². The number of allylic oxidation sites excluding steroid dienone is 2. The lowest BCUT2D eigenvalue weighted by molar-refractivity contribution is -0.117. The van der Waals surface area contributed by atoms with E-state index in [1.165, 1.54) is 24.1 Å². The molecule has 2 N–H and O–H groups in total. The minimum atomic E-state index is -0.774. The molecule has 0 unspecified atom stereocenters. The quantitative estimate of drug-likeness (QED) is 0.333. The summed E-state index contributed by atoms with van der Waals surface area (Å²) in [6, 6.07) is 3.06. The average Bonchev–Trinajstić information content (AvgIpc) is 2.69. The Bertz CT molecular complexity index is 908. The second kappa shape index (κ2) is 10.3. The fourth-order valence-electron chi connectivity index (χ4n) is 3.46. The highest BCUT2D eigenvalue weighted by atomic mass is 19.1. The molecule has 1 aliphatic rings. The number of rotatable bonds is 10. The monoisotopic (exact) mass is 435 g/mol. The summed E-state index contributed by atoms with van der Waals surface area (Å²) in [6.07, 6.45) is 4.62. The van der Waals surface area contributed by atoms with Crippen LogP contribution in [-0.4, -0.2) is 59.6 Å². The minimum Gasteiger partial charge on any atom is -0.503 e. The number of amides is 1. The predicted octanol–water partition coefficient (Wildman–Crippen LogP) is 2.44. The number of benzene rings is 1. The van der Waals surface area contributed by atoms with Crippen LogP contribution in [0.3, 0.4) is 0 Å². The lowest BCUT2D eigenvalue weighted by Gasteiger charge is -2.49. The van der Waals surface area contributed by atoms with Gasteiger partial charge in [-0.2, -0.15) is 0 Å². The van der Waals surface area contributed by atoms with Crippen LogP contribution < -0.4 is 5.32 Å². The maximum Gasteiger partial charge on any atom is 0.248 e.